The molecular weight excluding hydrogens is 103 g/mol. The molecule has 0 aromatic rings. The molecule has 0 aliphatic heterocycles. The van der Waals surface area contributed by atoms with Gasteiger partial charge in [-0.3, -0.25) is 0 Å². The molecule has 0 bridgehead atoms. The SMILES string of the molecule is CCC.[Cl-].[H-].[H-].[Li+].[Mg+2]. The average molecular weight is 113 g/mol. The Balaban J connectivity index is -0.00000000200. The van der Waals surface area contributed by atoms with Crippen molar-refractivity contribution in [3.63, 3.8) is 0 Å². The predicted octanol–water partition coefficient (Wildman–Crippen LogP) is -4.73. The van der Waals surface area contributed by atoms with Crippen molar-refractivity contribution in [1.82, 2.24) is 0 Å². The van der Waals surface area contributed by atoms with Crippen LogP contribution in [0.1, 0.15) is 23.1 Å². The molecule has 0 aliphatic carbocycles. The quantitative estimate of drug-likeness (QED) is 0.277. The molecule has 0 aromatic carbocycles. The minimum Gasteiger partial charge on any atom is -1.00 e. The minimum absolute atomic E-state index is 0. The Kier molecular flexibility index (Phi) is 128. The van der Waals surface area contributed by atoms with Crippen LogP contribution >= 0.6 is 0 Å². The van der Waals surface area contributed by atoms with Gasteiger partial charge in [0.1, 0.15) is 0 Å². The van der Waals surface area contributed by atoms with Gasteiger partial charge in [0.2, 0.25) is 0 Å². The Bertz CT molecular complexity index is 17.2. The van der Waals surface area contributed by atoms with E-state index < -0.39 is 0 Å². The van der Waals surface area contributed by atoms with Crippen LogP contribution in [0.3, 0.4) is 0 Å². The normalized spacial score (nSPS) is 3.00. The van der Waals surface area contributed by atoms with Crippen molar-refractivity contribution in [3.05, 3.63) is 0 Å². The van der Waals surface area contributed by atoms with Crippen LogP contribution in [-0.2, 0) is 0 Å². The summed E-state index contributed by atoms with van der Waals surface area (Å²) in [6, 6.07) is 0. The fourth-order valence-electron chi connectivity index (χ4n) is 0. The maximum atomic E-state index is 2.12. The largest absolute Gasteiger partial charge is 2.00 e. The first kappa shape index (κ1) is 25.4. The van der Waals surface area contributed by atoms with Gasteiger partial charge in [-0.15, -0.1) is 0 Å². The third kappa shape index (κ3) is 44.8. The van der Waals surface area contributed by atoms with Crippen molar-refractivity contribution in [1.29, 1.82) is 0 Å². The maximum absolute atomic E-state index is 2.12. The van der Waals surface area contributed by atoms with Gasteiger partial charge in [-0.1, -0.05) is 20.3 Å². The van der Waals surface area contributed by atoms with Crippen LogP contribution < -0.4 is 31.3 Å². The van der Waals surface area contributed by atoms with E-state index in [0.29, 0.717) is 0 Å². The topological polar surface area (TPSA) is 0 Å². The van der Waals surface area contributed by atoms with E-state index >= 15 is 0 Å². The Hall–Kier alpha value is 1.65. The van der Waals surface area contributed by atoms with Crippen molar-refractivity contribution in [2.75, 3.05) is 0 Å². The third-order valence-corrected chi connectivity index (χ3v) is 0. The monoisotopic (exact) mass is 112 g/mol. The van der Waals surface area contributed by atoms with Crippen LogP contribution in [0.25, 0.3) is 0 Å². The van der Waals surface area contributed by atoms with Crippen molar-refractivity contribution in [2.24, 2.45) is 0 Å². The Morgan fingerprint density at radius 3 is 1.33 bits per heavy atom. The van der Waals surface area contributed by atoms with E-state index in [9.17, 15) is 0 Å². The van der Waals surface area contributed by atoms with Gasteiger partial charge >= 0.3 is 41.9 Å². The van der Waals surface area contributed by atoms with E-state index in [0.717, 1.165) is 0 Å². The van der Waals surface area contributed by atoms with Gasteiger partial charge in [0.25, 0.3) is 0 Å². The zero-order chi connectivity index (χ0) is 2.71. The molecule has 0 unspecified atom stereocenters. The molecule has 0 nitrogen and oxygen atoms in total. The summed E-state index contributed by atoms with van der Waals surface area (Å²) in [4.78, 5) is 0. The number of hydrogen-bond acceptors (Lipinski definition) is 0. The molecule has 0 saturated carbocycles. The van der Waals surface area contributed by atoms with Gasteiger partial charge in [0.05, 0.1) is 0 Å². The van der Waals surface area contributed by atoms with Gasteiger partial charge in [0.15, 0.2) is 0 Å². The summed E-state index contributed by atoms with van der Waals surface area (Å²) >= 11 is 0. The number of halogens is 1. The Labute approximate surface area is 77.2 Å². The molecule has 0 aromatic heterocycles. The van der Waals surface area contributed by atoms with Crippen LogP contribution in [0.4, 0.5) is 0 Å². The molecular formula is C3H10ClLiMg. The van der Waals surface area contributed by atoms with Gasteiger partial charge in [-0.05, 0) is 0 Å². The molecule has 0 rings (SSSR count). The molecule has 0 aliphatic rings. The molecule has 0 fully saturated rings. The van der Waals surface area contributed by atoms with Crippen LogP contribution in [-0.4, -0.2) is 23.1 Å². The van der Waals surface area contributed by atoms with Crippen molar-refractivity contribution >= 4 is 23.1 Å². The van der Waals surface area contributed by atoms with E-state index in [-0.39, 0.29) is 57.2 Å². The molecule has 0 atom stereocenters. The van der Waals surface area contributed by atoms with Crippen LogP contribution in [0, 0.1) is 0 Å². The van der Waals surface area contributed by atoms with E-state index in [1.54, 1.807) is 0 Å². The van der Waals surface area contributed by atoms with Gasteiger partial charge in [-0.2, -0.15) is 0 Å². The van der Waals surface area contributed by atoms with Gasteiger partial charge in [-0.25, -0.2) is 0 Å². The molecule has 0 radical (unpaired) electrons. The summed E-state index contributed by atoms with van der Waals surface area (Å²) < 4.78 is 0. The standard InChI is InChI=1S/C3H8.ClH.Li.Mg.2H/c1-3-2;;;;;/h3H2,1-2H3;1H;;;;/q;;+1;+2;2*-1/p-1. The molecule has 0 amide bonds. The van der Waals surface area contributed by atoms with Crippen molar-refractivity contribution < 1.29 is 34.1 Å². The first-order chi connectivity index (χ1) is 1.41. The fraction of sp³-hybridized carbons (Fsp3) is 1.00. The molecule has 0 heterocycles. The molecule has 0 N–H and O–H groups in total. The zero-order valence-electron chi connectivity index (χ0n) is 6.79. The van der Waals surface area contributed by atoms with E-state index in [4.69, 9.17) is 0 Å². The number of hydrogen-bond donors (Lipinski definition) is 0. The molecule has 6 heavy (non-hydrogen) atoms. The molecule has 32 valence electrons. The second-order valence-electron chi connectivity index (χ2n) is 0.707. The fourth-order valence-corrected chi connectivity index (χ4v) is 0. The van der Waals surface area contributed by atoms with Gasteiger partial charge < -0.3 is 15.3 Å². The summed E-state index contributed by atoms with van der Waals surface area (Å²) in [5, 5.41) is 0. The third-order valence-electron chi connectivity index (χ3n) is 0. The number of rotatable bonds is 0. The zero-order valence-corrected chi connectivity index (χ0v) is 6.96. The van der Waals surface area contributed by atoms with Crippen LogP contribution in [0.15, 0.2) is 0 Å². The Morgan fingerprint density at radius 1 is 1.33 bits per heavy atom. The summed E-state index contributed by atoms with van der Waals surface area (Å²) in [6.07, 6.45) is 1.25. The summed E-state index contributed by atoms with van der Waals surface area (Å²) in [5.41, 5.74) is 0. The first-order valence-electron chi connectivity index (χ1n) is 1.41. The van der Waals surface area contributed by atoms with E-state index in [1.807, 2.05) is 0 Å². The predicted molar refractivity (Wildman–Crippen MR) is 23.9 cm³/mol. The van der Waals surface area contributed by atoms with Crippen LogP contribution in [0.2, 0.25) is 0 Å². The summed E-state index contributed by atoms with van der Waals surface area (Å²) in [7, 11) is 0. The first-order valence-corrected chi connectivity index (χ1v) is 1.41. The van der Waals surface area contributed by atoms with Crippen molar-refractivity contribution in [2.45, 2.75) is 20.3 Å². The van der Waals surface area contributed by atoms with E-state index in [1.165, 1.54) is 6.42 Å². The summed E-state index contributed by atoms with van der Waals surface area (Å²) in [6.45, 7) is 4.25. The smallest absolute Gasteiger partial charge is 1.00 e. The Morgan fingerprint density at radius 2 is 1.33 bits per heavy atom. The maximum Gasteiger partial charge on any atom is 2.00 e. The second kappa shape index (κ2) is 30.2. The minimum atomic E-state index is 0. The molecule has 3 heteroatoms. The second-order valence-corrected chi connectivity index (χ2v) is 0.707. The van der Waals surface area contributed by atoms with Crippen molar-refractivity contribution in [3.8, 4) is 0 Å². The van der Waals surface area contributed by atoms with E-state index in [2.05, 4.69) is 13.8 Å². The van der Waals surface area contributed by atoms with Crippen LogP contribution in [0.5, 0.6) is 0 Å². The molecule has 0 saturated heterocycles. The molecule has 0 spiro atoms. The average Bonchev–Trinajstić information content (AvgIpc) is 0.918. The summed E-state index contributed by atoms with van der Waals surface area (Å²) in [5.74, 6) is 0. The van der Waals surface area contributed by atoms with Gasteiger partial charge in [0, 0.05) is 0 Å².